The summed E-state index contributed by atoms with van der Waals surface area (Å²) in [6, 6.07) is -0.723. The van der Waals surface area contributed by atoms with Crippen molar-refractivity contribution in [3.05, 3.63) is 0 Å². The Bertz CT molecular complexity index is 453. The standard InChI is InChI=1S/C12H22N2O5S/c1-2-19-12(16)11-6-4-8-14(11)20(17,18)13-7-3-5-10(15)9-13/h10-11,15H,2-9H2,1H3. The van der Waals surface area contributed by atoms with Crippen LogP contribution in [0.2, 0.25) is 0 Å². The fourth-order valence-corrected chi connectivity index (χ4v) is 4.66. The zero-order valence-corrected chi connectivity index (χ0v) is 12.5. The third-order valence-corrected chi connectivity index (χ3v) is 5.76. The van der Waals surface area contributed by atoms with Gasteiger partial charge in [0.2, 0.25) is 0 Å². The van der Waals surface area contributed by atoms with Gasteiger partial charge in [0.1, 0.15) is 6.04 Å². The summed E-state index contributed by atoms with van der Waals surface area (Å²) < 4.78 is 32.6. The molecule has 2 atom stereocenters. The summed E-state index contributed by atoms with van der Waals surface area (Å²) in [5, 5.41) is 9.63. The first-order chi connectivity index (χ1) is 9.46. The van der Waals surface area contributed by atoms with Gasteiger partial charge in [0.15, 0.2) is 0 Å². The molecule has 0 bridgehead atoms. The summed E-state index contributed by atoms with van der Waals surface area (Å²) in [7, 11) is -3.70. The fourth-order valence-electron chi connectivity index (χ4n) is 2.77. The molecule has 2 aliphatic rings. The molecule has 2 aliphatic heterocycles. The average Bonchev–Trinajstić information content (AvgIpc) is 2.89. The second kappa shape index (κ2) is 6.38. The first-order valence-corrected chi connectivity index (χ1v) is 8.48. The van der Waals surface area contributed by atoms with E-state index in [2.05, 4.69) is 0 Å². The number of carbonyl (C=O) groups is 1. The number of aliphatic hydroxyl groups excluding tert-OH is 1. The number of esters is 1. The molecular formula is C12H22N2O5S. The maximum atomic E-state index is 12.6. The minimum Gasteiger partial charge on any atom is -0.465 e. The Labute approximate surface area is 119 Å². The highest BCUT2D eigenvalue weighted by molar-refractivity contribution is 7.86. The van der Waals surface area contributed by atoms with E-state index in [9.17, 15) is 18.3 Å². The highest BCUT2D eigenvalue weighted by Gasteiger charge is 2.43. The van der Waals surface area contributed by atoms with Crippen LogP contribution in [0.15, 0.2) is 0 Å². The molecule has 0 amide bonds. The van der Waals surface area contributed by atoms with Crippen molar-refractivity contribution in [1.82, 2.24) is 8.61 Å². The predicted molar refractivity (Wildman–Crippen MR) is 72.1 cm³/mol. The molecule has 0 aromatic carbocycles. The van der Waals surface area contributed by atoms with Gasteiger partial charge in [-0.25, -0.2) is 0 Å². The molecule has 2 saturated heterocycles. The molecule has 2 rings (SSSR count). The van der Waals surface area contributed by atoms with E-state index in [4.69, 9.17) is 4.74 Å². The van der Waals surface area contributed by atoms with Crippen molar-refractivity contribution in [2.75, 3.05) is 26.2 Å². The fraction of sp³-hybridized carbons (Fsp3) is 0.917. The smallest absolute Gasteiger partial charge is 0.324 e. The van der Waals surface area contributed by atoms with E-state index >= 15 is 0 Å². The van der Waals surface area contributed by atoms with Gasteiger partial charge >= 0.3 is 5.97 Å². The van der Waals surface area contributed by atoms with Gasteiger partial charge in [-0.2, -0.15) is 17.0 Å². The van der Waals surface area contributed by atoms with Crippen LogP contribution in [-0.2, 0) is 19.7 Å². The van der Waals surface area contributed by atoms with Gasteiger partial charge in [0.05, 0.1) is 12.7 Å². The molecule has 0 radical (unpaired) electrons. The Kier molecular flexibility index (Phi) is 5.00. The number of aliphatic hydroxyl groups is 1. The van der Waals surface area contributed by atoms with E-state index < -0.39 is 28.3 Å². The Morgan fingerprint density at radius 1 is 1.30 bits per heavy atom. The van der Waals surface area contributed by atoms with Gasteiger partial charge in [-0.3, -0.25) is 4.79 Å². The maximum Gasteiger partial charge on any atom is 0.324 e. The molecule has 0 aromatic rings. The van der Waals surface area contributed by atoms with E-state index in [0.29, 0.717) is 38.8 Å². The summed E-state index contributed by atoms with van der Waals surface area (Å²) >= 11 is 0. The predicted octanol–water partition coefficient (Wildman–Crippen LogP) is -0.285. The number of hydrogen-bond donors (Lipinski definition) is 1. The number of nitrogens with zero attached hydrogens (tertiary/aromatic N) is 2. The van der Waals surface area contributed by atoms with Crippen LogP contribution in [0.5, 0.6) is 0 Å². The highest BCUT2D eigenvalue weighted by atomic mass is 32.2. The largest absolute Gasteiger partial charge is 0.465 e. The summed E-state index contributed by atoms with van der Waals surface area (Å²) in [4.78, 5) is 11.9. The average molecular weight is 306 g/mol. The van der Waals surface area contributed by atoms with Gasteiger partial charge < -0.3 is 9.84 Å². The third-order valence-electron chi connectivity index (χ3n) is 3.74. The molecule has 0 spiro atoms. The van der Waals surface area contributed by atoms with Gasteiger partial charge in [0.25, 0.3) is 10.2 Å². The van der Waals surface area contributed by atoms with Crippen LogP contribution in [-0.4, -0.2) is 66.5 Å². The minimum absolute atomic E-state index is 0.106. The lowest BCUT2D eigenvalue weighted by Crippen LogP contribution is -2.52. The number of ether oxygens (including phenoxy) is 1. The Balaban J connectivity index is 2.13. The monoisotopic (exact) mass is 306 g/mol. The van der Waals surface area contributed by atoms with Crippen molar-refractivity contribution in [1.29, 1.82) is 0 Å². The second-order valence-electron chi connectivity index (χ2n) is 5.18. The van der Waals surface area contributed by atoms with Gasteiger partial charge in [0, 0.05) is 19.6 Å². The summed E-state index contributed by atoms with van der Waals surface area (Å²) in [6.45, 7) is 2.77. The van der Waals surface area contributed by atoms with Crippen molar-refractivity contribution in [3.8, 4) is 0 Å². The van der Waals surface area contributed by atoms with Crippen molar-refractivity contribution in [2.45, 2.75) is 44.8 Å². The molecule has 20 heavy (non-hydrogen) atoms. The number of β-amino-alcohol motifs (C(OH)–C–C–N with tert-alkyl or cyclic N) is 1. The number of rotatable bonds is 4. The first kappa shape index (κ1) is 15.7. The van der Waals surface area contributed by atoms with Gasteiger partial charge in [-0.05, 0) is 32.6 Å². The highest BCUT2D eigenvalue weighted by Crippen LogP contribution is 2.26. The van der Waals surface area contributed by atoms with Gasteiger partial charge in [-0.1, -0.05) is 0 Å². The van der Waals surface area contributed by atoms with Crippen molar-refractivity contribution < 1.29 is 23.1 Å². The molecule has 7 nitrogen and oxygen atoms in total. The summed E-state index contributed by atoms with van der Waals surface area (Å²) in [6.07, 6.45) is 1.78. The quantitative estimate of drug-likeness (QED) is 0.722. The van der Waals surface area contributed by atoms with Crippen molar-refractivity contribution in [2.24, 2.45) is 0 Å². The van der Waals surface area contributed by atoms with Crippen LogP contribution in [0.25, 0.3) is 0 Å². The van der Waals surface area contributed by atoms with Crippen molar-refractivity contribution >= 4 is 16.2 Å². The van der Waals surface area contributed by atoms with Gasteiger partial charge in [-0.15, -0.1) is 0 Å². The van der Waals surface area contributed by atoms with Crippen molar-refractivity contribution in [3.63, 3.8) is 0 Å². The third kappa shape index (κ3) is 3.13. The Morgan fingerprint density at radius 3 is 2.65 bits per heavy atom. The lowest BCUT2D eigenvalue weighted by atomic mass is 10.1. The van der Waals surface area contributed by atoms with E-state index in [-0.39, 0.29) is 13.2 Å². The maximum absolute atomic E-state index is 12.6. The van der Waals surface area contributed by atoms with Crippen LogP contribution >= 0.6 is 0 Å². The van der Waals surface area contributed by atoms with Crippen LogP contribution in [0.1, 0.15) is 32.6 Å². The molecule has 2 heterocycles. The molecule has 1 N–H and O–H groups in total. The number of carbonyl (C=O) groups excluding carboxylic acids is 1. The zero-order chi connectivity index (χ0) is 14.8. The van der Waals surface area contributed by atoms with E-state index in [1.165, 1.54) is 8.61 Å². The zero-order valence-electron chi connectivity index (χ0n) is 11.7. The van der Waals surface area contributed by atoms with Crippen LogP contribution < -0.4 is 0 Å². The van der Waals surface area contributed by atoms with Crippen LogP contribution in [0.3, 0.4) is 0 Å². The summed E-state index contributed by atoms with van der Waals surface area (Å²) in [5.41, 5.74) is 0. The van der Waals surface area contributed by atoms with Crippen LogP contribution in [0.4, 0.5) is 0 Å². The van der Waals surface area contributed by atoms with E-state index in [1.54, 1.807) is 6.92 Å². The normalized spacial score (nSPS) is 29.5. The van der Waals surface area contributed by atoms with Crippen LogP contribution in [0, 0.1) is 0 Å². The summed E-state index contributed by atoms with van der Waals surface area (Å²) in [5.74, 6) is -0.480. The first-order valence-electron chi connectivity index (χ1n) is 7.08. The molecule has 2 unspecified atom stereocenters. The van der Waals surface area contributed by atoms with E-state index in [1.807, 2.05) is 0 Å². The molecule has 0 aliphatic carbocycles. The Morgan fingerprint density at radius 2 is 2.00 bits per heavy atom. The molecular weight excluding hydrogens is 284 g/mol. The Hall–Kier alpha value is -0.700. The SMILES string of the molecule is CCOC(=O)C1CCCN1S(=O)(=O)N1CCCC(O)C1. The number of hydrogen-bond acceptors (Lipinski definition) is 5. The lowest BCUT2D eigenvalue weighted by Gasteiger charge is -2.34. The topological polar surface area (TPSA) is 87.2 Å². The molecule has 116 valence electrons. The molecule has 8 heteroatoms. The second-order valence-corrected chi connectivity index (χ2v) is 7.06. The molecule has 0 saturated carbocycles. The molecule has 0 aromatic heterocycles. The number of piperidine rings is 1. The molecule has 2 fully saturated rings. The lowest BCUT2D eigenvalue weighted by molar-refractivity contribution is -0.146. The van der Waals surface area contributed by atoms with E-state index in [0.717, 1.165) is 0 Å². The minimum atomic E-state index is -3.70.